The lowest BCUT2D eigenvalue weighted by Crippen LogP contribution is -2.58. The van der Waals surface area contributed by atoms with Gasteiger partial charge < -0.3 is 0 Å². The van der Waals surface area contributed by atoms with Gasteiger partial charge in [0.05, 0.1) is 0 Å². The van der Waals surface area contributed by atoms with E-state index in [4.69, 9.17) is 0 Å². The standard InChI is InChI=1S/C27H45I/c1-16-19(4)25(13)20(5)17(2)24(11,12)27(15,28)26(14,23(16,9)10)21(6)18(3)22(25,7)8/h1-15H3/b19-16-,20-17-,21-18-. The molecule has 3 rings (SSSR count). The topological polar surface area (TPSA) is 0 Å². The first-order valence-electron chi connectivity index (χ1n) is 10.9. The molecule has 0 saturated heterocycles. The van der Waals surface area contributed by atoms with Crippen molar-refractivity contribution in [2.45, 2.75) is 107 Å². The van der Waals surface area contributed by atoms with Crippen LogP contribution in [0.25, 0.3) is 0 Å². The molecular weight excluding hydrogens is 451 g/mol. The Balaban J connectivity index is 3.39. The maximum absolute atomic E-state index is 2.83. The zero-order valence-corrected chi connectivity index (χ0v) is 23.5. The molecule has 3 unspecified atom stereocenters. The van der Waals surface area contributed by atoms with Gasteiger partial charge in [0.25, 0.3) is 0 Å². The molecule has 2 bridgehead atoms. The lowest BCUT2D eigenvalue weighted by atomic mass is 9.45. The average molecular weight is 497 g/mol. The summed E-state index contributed by atoms with van der Waals surface area (Å²) in [4.78, 5) is 0. The van der Waals surface area contributed by atoms with E-state index in [2.05, 4.69) is 126 Å². The Morgan fingerprint density at radius 3 is 1.14 bits per heavy atom. The van der Waals surface area contributed by atoms with Crippen LogP contribution in [0.4, 0.5) is 0 Å². The summed E-state index contributed by atoms with van der Waals surface area (Å²) in [7, 11) is 0. The third-order valence-corrected chi connectivity index (χ3v) is 13.8. The van der Waals surface area contributed by atoms with Crippen LogP contribution in [0.5, 0.6) is 0 Å². The molecule has 28 heavy (non-hydrogen) atoms. The van der Waals surface area contributed by atoms with E-state index in [1.807, 2.05) is 0 Å². The summed E-state index contributed by atoms with van der Waals surface area (Å²) in [6, 6.07) is 0. The second-order valence-electron chi connectivity index (χ2n) is 11.9. The van der Waals surface area contributed by atoms with Gasteiger partial charge in [-0.1, -0.05) is 111 Å². The fraction of sp³-hybridized carbons (Fsp3) is 0.778. The van der Waals surface area contributed by atoms with E-state index >= 15 is 0 Å². The highest BCUT2D eigenvalue weighted by atomic mass is 127. The van der Waals surface area contributed by atoms with Gasteiger partial charge in [0.15, 0.2) is 0 Å². The largest absolute Gasteiger partial charge is 0.0773 e. The Hall–Kier alpha value is -0.0500. The molecule has 0 fully saturated rings. The second-order valence-corrected chi connectivity index (χ2v) is 14.0. The van der Waals surface area contributed by atoms with Gasteiger partial charge in [-0.05, 0) is 59.3 Å². The summed E-state index contributed by atoms with van der Waals surface area (Å²) >= 11 is 2.83. The third-order valence-electron chi connectivity index (χ3n) is 11.4. The summed E-state index contributed by atoms with van der Waals surface area (Å²) in [5.74, 6) is 0. The fourth-order valence-electron chi connectivity index (χ4n) is 6.88. The van der Waals surface area contributed by atoms with Crippen LogP contribution in [0.3, 0.4) is 0 Å². The maximum Gasteiger partial charge on any atom is 0.0380 e. The lowest BCUT2D eigenvalue weighted by molar-refractivity contribution is 0.0700. The van der Waals surface area contributed by atoms with E-state index in [1.54, 1.807) is 33.4 Å². The highest BCUT2D eigenvalue weighted by Crippen LogP contribution is 2.72. The van der Waals surface area contributed by atoms with Crippen molar-refractivity contribution in [1.82, 2.24) is 0 Å². The highest BCUT2D eigenvalue weighted by molar-refractivity contribution is 14.1. The Morgan fingerprint density at radius 1 is 0.429 bits per heavy atom. The van der Waals surface area contributed by atoms with Crippen molar-refractivity contribution in [1.29, 1.82) is 0 Å². The minimum absolute atomic E-state index is 0.000556. The third kappa shape index (κ3) is 2.29. The summed E-state index contributed by atoms with van der Waals surface area (Å²) in [5, 5.41) is 0. The van der Waals surface area contributed by atoms with Gasteiger partial charge in [-0.2, -0.15) is 0 Å². The number of hydrogen-bond donors (Lipinski definition) is 0. The monoisotopic (exact) mass is 496 g/mol. The first-order valence-corrected chi connectivity index (χ1v) is 12.0. The van der Waals surface area contributed by atoms with E-state index in [-0.39, 0.29) is 30.5 Å². The predicted octanol–water partition coefficient (Wildman–Crippen LogP) is 9.31. The normalized spacial score (nSPS) is 48.0. The molecule has 160 valence electrons. The molecule has 3 aliphatic carbocycles. The number of halogens is 1. The second kappa shape index (κ2) is 6.24. The quantitative estimate of drug-likeness (QED) is 0.178. The fourth-order valence-corrected chi connectivity index (χ4v) is 8.37. The highest BCUT2D eigenvalue weighted by Gasteiger charge is 2.65. The van der Waals surface area contributed by atoms with E-state index < -0.39 is 0 Å². The van der Waals surface area contributed by atoms with E-state index in [9.17, 15) is 0 Å². The van der Waals surface area contributed by atoms with Gasteiger partial charge in [-0.3, -0.25) is 0 Å². The van der Waals surface area contributed by atoms with Crippen LogP contribution in [-0.2, 0) is 0 Å². The number of fused-ring (bicyclic) bond motifs is 4. The van der Waals surface area contributed by atoms with Gasteiger partial charge >= 0.3 is 0 Å². The van der Waals surface area contributed by atoms with Crippen LogP contribution < -0.4 is 0 Å². The first kappa shape index (κ1) is 24.2. The molecule has 0 heterocycles. The van der Waals surface area contributed by atoms with Crippen LogP contribution in [0, 0.1) is 27.1 Å². The molecule has 0 aromatic heterocycles. The molecule has 0 amide bonds. The molecule has 0 radical (unpaired) electrons. The molecule has 1 heteroatoms. The van der Waals surface area contributed by atoms with Crippen LogP contribution in [0.1, 0.15) is 104 Å². The number of allylic oxidation sites excluding steroid dienone is 6. The van der Waals surface area contributed by atoms with Crippen LogP contribution in [0.2, 0.25) is 0 Å². The van der Waals surface area contributed by atoms with Crippen molar-refractivity contribution in [3.63, 3.8) is 0 Å². The summed E-state index contributed by atoms with van der Waals surface area (Å²) < 4.78 is 0.0468. The van der Waals surface area contributed by atoms with Gasteiger partial charge in [0.2, 0.25) is 0 Å². The maximum atomic E-state index is 2.83. The molecule has 0 N–H and O–H groups in total. The van der Waals surface area contributed by atoms with E-state index in [1.165, 1.54) is 0 Å². The Labute approximate surface area is 189 Å². The summed E-state index contributed by atoms with van der Waals surface area (Å²) in [6.45, 7) is 37.1. The number of alkyl halides is 1. The zero-order valence-electron chi connectivity index (χ0n) is 21.4. The summed E-state index contributed by atoms with van der Waals surface area (Å²) in [5.41, 5.74) is 9.64. The van der Waals surface area contributed by atoms with Crippen molar-refractivity contribution >= 4 is 22.6 Å². The smallest absolute Gasteiger partial charge is 0.0380 e. The molecule has 0 saturated carbocycles. The minimum atomic E-state index is -0.000556. The van der Waals surface area contributed by atoms with Gasteiger partial charge in [-0.15, -0.1) is 0 Å². The Morgan fingerprint density at radius 2 is 0.750 bits per heavy atom. The van der Waals surface area contributed by atoms with Gasteiger partial charge in [0.1, 0.15) is 0 Å². The van der Waals surface area contributed by atoms with Gasteiger partial charge in [0, 0.05) is 19.7 Å². The number of hydrogen-bond acceptors (Lipinski definition) is 0. The van der Waals surface area contributed by atoms with Crippen molar-refractivity contribution in [3.05, 3.63) is 33.4 Å². The molecule has 3 atom stereocenters. The molecule has 0 aliphatic heterocycles. The predicted molar refractivity (Wildman–Crippen MR) is 135 cm³/mol. The van der Waals surface area contributed by atoms with Crippen molar-refractivity contribution in [2.24, 2.45) is 27.1 Å². The van der Waals surface area contributed by atoms with Crippen LogP contribution in [-0.4, -0.2) is 3.42 Å². The Kier molecular flexibility index (Phi) is 5.39. The number of rotatable bonds is 0. The van der Waals surface area contributed by atoms with Crippen molar-refractivity contribution < 1.29 is 0 Å². The minimum Gasteiger partial charge on any atom is -0.0773 e. The molecule has 0 aromatic carbocycles. The van der Waals surface area contributed by atoms with Crippen molar-refractivity contribution in [3.8, 4) is 0 Å². The molecule has 0 aromatic rings. The van der Waals surface area contributed by atoms with Crippen LogP contribution in [0.15, 0.2) is 33.4 Å². The van der Waals surface area contributed by atoms with Gasteiger partial charge in [-0.25, -0.2) is 0 Å². The molecule has 0 nitrogen and oxygen atoms in total. The molecular formula is C27H45I. The average Bonchev–Trinajstić information content (AvgIpc) is 2.60. The zero-order chi connectivity index (χ0) is 22.5. The van der Waals surface area contributed by atoms with Crippen LogP contribution >= 0.6 is 22.6 Å². The summed E-state index contributed by atoms with van der Waals surface area (Å²) in [6.07, 6.45) is 0. The van der Waals surface area contributed by atoms with E-state index in [0.29, 0.717) is 0 Å². The molecule has 3 aliphatic rings. The first-order chi connectivity index (χ1) is 12.2. The molecule has 0 spiro atoms. The van der Waals surface area contributed by atoms with Crippen molar-refractivity contribution in [2.75, 3.05) is 0 Å². The Bertz CT molecular complexity index is 809. The lowest BCUT2D eigenvalue weighted by Gasteiger charge is -2.62. The van der Waals surface area contributed by atoms with E-state index in [0.717, 1.165) is 0 Å². The SMILES string of the molecule is C/C1=C(\C)C2(C)C(C)(C)/C(C)=C(/C)C(C)(/C(C)=C(/C)C(C)(C)C2(C)I)C1(C)C.